The van der Waals surface area contributed by atoms with Crippen LogP contribution in [0.15, 0.2) is 0 Å². The number of aldehydes is 1. The number of aliphatic hydroxyl groups excluding tert-OH is 4. The molecule has 4 atom stereocenters. The van der Waals surface area contributed by atoms with Crippen LogP contribution in [0.4, 0.5) is 0 Å². The SMILES string of the molecule is CCCCCCCCCCCCCCCCN(C)C.O=C[C@H](O)[C@@H](O)[C@H](O)[C@H](O)C(=O)[O-].[Ag+]. The van der Waals surface area contributed by atoms with Crippen molar-refractivity contribution in [3.05, 3.63) is 0 Å². The second-order valence-corrected chi connectivity index (χ2v) is 8.77. The van der Waals surface area contributed by atoms with Crippen LogP contribution in [0.1, 0.15) is 96.8 Å². The van der Waals surface area contributed by atoms with E-state index in [1.165, 1.54) is 96.4 Å². The van der Waals surface area contributed by atoms with E-state index < -0.39 is 30.4 Å². The van der Waals surface area contributed by atoms with Gasteiger partial charge in [-0.1, -0.05) is 90.4 Å². The topological polar surface area (TPSA) is 141 Å². The largest absolute Gasteiger partial charge is 1.00 e. The predicted octanol–water partition coefficient (Wildman–Crippen LogP) is 1.41. The number of rotatable bonds is 20. The van der Waals surface area contributed by atoms with Crippen molar-refractivity contribution in [1.82, 2.24) is 4.90 Å². The molecule has 33 heavy (non-hydrogen) atoms. The van der Waals surface area contributed by atoms with Gasteiger partial charge in [0.25, 0.3) is 0 Å². The zero-order chi connectivity index (χ0) is 24.8. The molecule has 0 aromatic heterocycles. The van der Waals surface area contributed by atoms with Crippen LogP contribution in [0, 0.1) is 0 Å². The van der Waals surface area contributed by atoms with E-state index in [0.29, 0.717) is 0 Å². The minimum Gasteiger partial charge on any atom is -0.547 e. The van der Waals surface area contributed by atoms with Gasteiger partial charge in [-0.25, -0.2) is 0 Å². The first-order valence-electron chi connectivity index (χ1n) is 12.2. The van der Waals surface area contributed by atoms with E-state index in [2.05, 4.69) is 25.9 Å². The van der Waals surface area contributed by atoms with Crippen molar-refractivity contribution in [1.29, 1.82) is 0 Å². The maximum atomic E-state index is 9.95. The average molecular weight is 571 g/mol. The molecular weight excluding hydrogens is 522 g/mol. The Bertz CT molecular complexity index is 441. The molecule has 0 fully saturated rings. The molecule has 9 heteroatoms. The molecule has 0 aliphatic carbocycles. The number of carboxylic acids is 1. The van der Waals surface area contributed by atoms with Crippen molar-refractivity contribution >= 4 is 12.3 Å². The number of nitrogens with zero attached hydrogens (tertiary/aromatic N) is 1. The number of carbonyl (C=O) groups is 2. The van der Waals surface area contributed by atoms with Crippen LogP contribution in [0.3, 0.4) is 0 Å². The van der Waals surface area contributed by atoms with Crippen molar-refractivity contribution in [2.24, 2.45) is 0 Å². The Morgan fingerprint density at radius 3 is 1.42 bits per heavy atom. The molecule has 0 radical (unpaired) electrons. The summed E-state index contributed by atoms with van der Waals surface area (Å²) in [5, 5.41) is 44.8. The van der Waals surface area contributed by atoms with Gasteiger partial charge in [-0.2, -0.15) is 0 Å². The molecule has 202 valence electrons. The molecule has 0 amide bonds. The molecule has 0 bridgehead atoms. The van der Waals surface area contributed by atoms with E-state index in [9.17, 15) is 14.7 Å². The smallest absolute Gasteiger partial charge is 0.547 e. The van der Waals surface area contributed by atoms with Crippen molar-refractivity contribution < 1.29 is 57.5 Å². The summed E-state index contributed by atoms with van der Waals surface area (Å²) in [6.07, 6.45) is 11.7. The zero-order valence-electron chi connectivity index (χ0n) is 20.8. The van der Waals surface area contributed by atoms with E-state index in [-0.39, 0.29) is 28.7 Å². The summed E-state index contributed by atoms with van der Waals surface area (Å²) in [6.45, 7) is 3.55. The van der Waals surface area contributed by atoms with Crippen molar-refractivity contribution in [2.45, 2.75) is 121 Å². The van der Waals surface area contributed by atoms with Crippen molar-refractivity contribution in [3.8, 4) is 0 Å². The number of hydrogen-bond acceptors (Lipinski definition) is 8. The van der Waals surface area contributed by atoms with Gasteiger partial charge in [0.2, 0.25) is 0 Å². The Morgan fingerprint density at radius 2 is 1.12 bits per heavy atom. The van der Waals surface area contributed by atoms with Gasteiger partial charge < -0.3 is 40.0 Å². The molecule has 0 unspecified atom stereocenters. The number of hydrogen-bond donors (Lipinski definition) is 4. The predicted molar refractivity (Wildman–Crippen MR) is 124 cm³/mol. The number of aliphatic carboxylic acids is 1. The van der Waals surface area contributed by atoms with E-state index in [4.69, 9.17) is 20.4 Å². The van der Waals surface area contributed by atoms with E-state index in [1.54, 1.807) is 0 Å². The molecule has 0 spiro atoms. The van der Waals surface area contributed by atoms with Crippen LogP contribution in [0.2, 0.25) is 0 Å². The van der Waals surface area contributed by atoms with Crippen molar-refractivity contribution in [3.63, 3.8) is 0 Å². The number of unbranched alkanes of at least 4 members (excludes halogenated alkanes) is 13. The fraction of sp³-hybridized carbons (Fsp3) is 0.917. The fourth-order valence-electron chi connectivity index (χ4n) is 3.23. The maximum Gasteiger partial charge on any atom is 1.00 e. The molecule has 0 rings (SSSR count). The minimum absolute atomic E-state index is 0. The van der Waals surface area contributed by atoms with Crippen LogP contribution in [-0.2, 0) is 32.0 Å². The minimum atomic E-state index is -2.36. The Labute approximate surface area is 216 Å². The van der Waals surface area contributed by atoms with Gasteiger partial charge >= 0.3 is 22.4 Å². The molecule has 8 nitrogen and oxygen atoms in total. The molecule has 0 heterocycles. The molecule has 0 saturated heterocycles. The van der Waals surface area contributed by atoms with Crippen LogP contribution in [-0.4, -0.2) is 82.6 Å². The number of carbonyl (C=O) groups excluding carboxylic acids is 2. The molecule has 0 aliphatic rings. The maximum absolute atomic E-state index is 9.95. The summed E-state index contributed by atoms with van der Waals surface area (Å²) in [7, 11) is 4.34. The molecule has 0 saturated carbocycles. The van der Waals surface area contributed by atoms with Crippen LogP contribution >= 0.6 is 0 Å². The van der Waals surface area contributed by atoms with Gasteiger partial charge in [0.05, 0.1) is 5.97 Å². The Balaban J connectivity index is -0.000000566. The van der Waals surface area contributed by atoms with E-state index >= 15 is 0 Å². The molecule has 0 aromatic carbocycles. The van der Waals surface area contributed by atoms with Gasteiger partial charge in [-0.05, 0) is 27.1 Å². The van der Waals surface area contributed by atoms with Crippen molar-refractivity contribution in [2.75, 3.05) is 20.6 Å². The van der Waals surface area contributed by atoms with Crippen LogP contribution in [0.5, 0.6) is 0 Å². The van der Waals surface area contributed by atoms with Gasteiger partial charge in [0, 0.05) is 0 Å². The molecule has 0 aliphatic heterocycles. The first-order valence-corrected chi connectivity index (χ1v) is 12.2. The summed E-state index contributed by atoms with van der Waals surface area (Å²) in [6, 6.07) is 0. The summed E-state index contributed by atoms with van der Waals surface area (Å²) < 4.78 is 0. The van der Waals surface area contributed by atoms with Gasteiger partial charge in [0.1, 0.15) is 24.4 Å². The van der Waals surface area contributed by atoms with E-state index in [1.807, 2.05) is 0 Å². The quantitative estimate of drug-likeness (QED) is 0.0979. The fourth-order valence-corrected chi connectivity index (χ4v) is 3.23. The first kappa shape index (κ1) is 37.2. The monoisotopic (exact) mass is 569 g/mol. The standard InChI is InChI=1S/C18H39N.C6H10O7.Ag/c1-4-5-6-7-8-9-10-11-12-13-14-15-16-17-18-19(2)3;7-1-2(8)3(9)4(10)5(11)6(12)13;/h4-18H2,1-3H3;1-5,8-11H,(H,12,13);/q;;+1/p-1/t;2-,3+,4-,5-;/m.0./s1. The molecular formula is C24H48AgNO7. The second kappa shape index (κ2) is 26.3. The van der Waals surface area contributed by atoms with Gasteiger partial charge in [0.15, 0.2) is 6.29 Å². The molecule has 0 aromatic rings. The van der Waals surface area contributed by atoms with Gasteiger partial charge in [-0.15, -0.1) is 0 Å². The second-order valence-electron chi connectivity index (χ2n) is 8.77. The van der Waals surface area contributed by atoms with Gasteiger partial charge in [-0.3, -0.25) is 0 Å². The Hall–Kier alpha value is -0.320. The average Bonchev–Trinajstić information content (AvgIpc) is 2.77. The third-order valence-electron chi connectivity index (χ3n) is 5.36. The third-order valence-corrected chi connectivity index (χ3v) is 5.36. The zero-order valence-corrected chi connectivity index (χ0v) is 22.2. The van der Waals surface area contributed by atoms with Crippen LogP contribution in [0.25, 0.3) is 0 Å². The normalized spacial score (nSPS) is 14.4. The number of aliphatic hydroxyl groups is 4. The van der Waals surface area contributed by atoms with Crippen LogP contribution < -0.4 is 5.11 Å². The first-order chi connectivity index (χ1) is 15.2. The summed E-state index contributed by atoms with van der Waals surface area (Å²) in [4.78, 5) is 22.1. The Morgan fingerprint density at radius 1 is 0.758 bits per heavy atom. The summed E-state index contributed by atoms with van der Waals surface area (Å²) >= 11 is 0. The Kier molecular flexibility index (Phi) is 29.7. The van der Waals surface area contributed by atoms with E-state index in [0.717, 1.165) is 0 Å². The summed E-state index contributed by atoms with van der Waals surface area (Å²) in [5.41, 5.74) is 0. The number of carboxylic acid groups (broad SMARTS) is 1. The summed E-state index contributed by atoms with van der Waals surface area (Å²) in [5.74, 6) is -2.01. The third kappa shape index (κ3) is 24.6. The molecule has 4 N–H and O–H groups in total.